The minimum atomic E-state index is -2.83. The molecule has 63 heavy (non-hydrogen) atoms. The predicted molar refractivity (Wildman–Crippen MR) is 269 cm³/mol. The Labute approximate surface area is 392 Å². The first-order valence-corrected chi connectivity index (χ1v) is 29.0. The molecule has 0 aromatic heterocycles. The number of benzene rings is 1. The van der Waals surface area contributed by atoms with E-state index >= 15 is 0 Å². The highest BCUT2D eigenvalue weighted by atomic mass is 32.2. The van der Waals surface area contributed by atoms with E-state index in [4.69, 9.17) is 4.74 Å². The molecular weight excluding hydrogens is 789 g/mol. The molecule has 360 valence electrons. The van der Waals surface area contributed by atoms with Crippen molar-refractivity contribution in [2.45, 2.75) is 241 Å². The largest absolute Gasteiger partial charge is 0.486 e. The number of rotatable bonds is 11. The van der Waals surface area contributed by atoms with Crippen molar-refractivity contribution in [2.75, 3.05) is 0 Å². The Bertz CT molecular complexity index is 1730. The molecule has 0 N–H and O–H groups in total. The summed E-state index contributed by atoms with van der Waals surface area (Å²) >= 11 is 0. The molecule has 1 heterocycles. The van der Waals surface area contributed by atoms with E-state index in [0.717, 1.165) is 37.0 Å². The standard InChI is InChI=1S/C59H100O3S/c1-33(2)43-21-16-38(11)28-49(43)54-48-26-27-59(52-31-41(14)19-24-46(52)36(7)8,53-32-42(15)20-25-47(53)37(9)10)62-57(48)55(50-29-39(12)17-22-44(50)34(3)4)56(58(54)63(60)61)51-30-40(13)18-23-45(51)35(5)6/h33-47,49-53,63H,16-32H2,1-15H3. The molecule has 5 saturated carbocycles. The second-order valence-electron chi connectivity index (χ2n) is 26.4. The summed E-state index contributed by atoms with van der Waals surface area (Å²) in [5.74, 6) is 11.9. The Morgan fingerprint density at radius 3 is 1.14 bits per heavy atom. The van der Waals surface area contributed by atoms with Crippen molar-refractivity contribution in [1.29, 1.82) is 0 Å². The number of hydrogen-bond acceptors (Lipinski definition) is 3. The molecule has 15 unspecified atom stereocenters. The fourth-order valence-electron chi connectivity index (χ4n) is 17.0. The van der Waals surface area contributed by atoms with Crippen LogP contribution in [-0.2, 0) is 17.1 Å². The van der Waals surface area contributed by atoms with E-state index < -0.39 is 10.7 Å². The monoisotopic (exact) mass is 889 g/mol. The summed E-state index contributed by atoms with van der Waals surface area (Å²) in [6.45, 7) is 37.4. The third kappa shape index (κ3) is 9.82. The number of thiol groups is 1. The van der Waals surface area contributed by atoms with Crippen molar-refractivity contribution >= 4 is 10.7 Å². The van der Waals surface area contributed by atoms with Gasteiger partial charge in [-0.1, -0.05) is 136 Å². The highest BCUT2D eigenvalue weighted by Crippen LogP contribution is 2.63. The lowest BCUT2D eigenvalue weighted by molar-refractivity contribution is -0.141. The zero-order valence-corrected chi connectivity index (χ0v) is 44.6. The molecular formula is C59H100O3S. The van der Waals surface area contributed by atoms with Gasteiger partial charge < -0.3 is 4.74 Å². The number of hydrogen-bond donors (Lipinski definition) is 1. The molecule has 6 aliphatic rings. The average molecular weight is 890 g/mol. The molecule has 5 aliphatic carbocycles. The van der Waals surface area contributed by atoms with E-state index in [1.807, 2.05) is 0 Å². The van der Waals surface area contributed by atoms with Crippen LogP contribution in [0.25, 0.3) is 0 Å². The molecule has 0 amide bonds. The molecule has 1 aromatic carbocycles. The molecule has 1 aliphatic heterocycles. The van der Waals surface area contributed by atoms with Gasteiger partial charge in [-0.3, -0.25) is 0 Å². The third-order valence-electron chi connectivity index (χ3n) is 20.4. The molecule has 1 aromatic rings. The van der Waals surface area contributed by atoms with Gasteiger partial charge >= 0.3 is 0 Å². The van der Waals surface area contributed by atoms with Crippen LogP contribution in [0.5, 0.6) is 5.75 Å². The molecule has 7 rings (SSSR count). The van der Waals surface area contributed by atoms with Crippen LogP contribution in [0.3, 0.4) is 0 Å². The highest BCUT2D eigenvalue weighted by Gasteiger charge is 2.58. The Hall–Kier alpha value is -1.03. The average Bonchev–Trinajstić information content (AvgIpc) is 3.21. The van der Waals surface area contributed by atoms with Crippen molar-refractivity contribution in [3.8, 4) is 5.75 Å². The van der Waals surface area contributed by atoms with Crippen LogP contribution in [0.1, 0.15) is 247 Å². The minimum absolute atomic E-state index is 0.243. The molecule has 0 bridgehead atoms. The van der Waals surface area contributed by atoms with Crippen molar-refractivity contribution in [3.63, 3.8) is 0 Å². The number of ether oxygens (including phenoxy) is 1. The fourth-order valence-corrected chi connectivity index (χ4v) is 18.0. The molecule has 0 saturated heterocycles. The quantitative estimate of drug-likeness (QED) is 0.225. The van der Waals surface area contributed by atoms with Crippen LogP contribution in [-0.4, -0.2) is 14.0 Å². The van der Waals surface area contributed by atoms with E-state index in [1.165, 1.54) is 105 Å². The van der Waals surface area contributed by atoms with E-state index in [9.17, 15) is 8.42 Å². The topological polar surface area (TPSA) is 43.4 Å². The second-order valence-corrected chi connectivity index (χ2v) is 27.3. The first-order chi connectivity index (χ1) is 29.7. The summed E-state index contributed by atoms with van der Waals surface area (Å²) in [5, 5.41) is 0. The Morgan fingerprint density at radius 2 is 0.778 bits per heavy atom. The first-order valence-electron chi connectivity index (χ1n) is 27.8. The fraction of sp³-hybridized carbons (Fsp3) is 0.898. The van der Waals surface area contributed by atoms with Crippen molar-refractivity contribution < 1.29 is 13.2 Å². The van der Waals surface area contributed by atoms with Crippen LogP contribution in [0, 0.1) is 101 Å². The molecule has 5 fully saturated rings. The third-order valence-corrected chi connectivity index (χ3v) is 21.2. The number of fused-ring (bicyclic) bond motifs is 1. The van der Waals surface area contributed by atoms with E-state index in [1.54, 1.807) is 0 Å². The smallest absolute Gasteiger partial charge is 0.168 e. The van der Waals surface area contributed by atoms with Crippen molar-refractivity contribution in [1.82, 2.24) is 0 Å². The lowest BCUT2D eigenvalue weighted by atomic mass is 9.52. The van der Waals surface area contributed by atoms with Crippen LogP contribution in [0.2, 0.25) is 0 Å². The van der Waals surface area contributed by atoms with Gasteiger partial charge in [0.25, 0.3) is 0 Å². The van der Waals surface area contributed by atoms with Gasteiger partial charge in [0.2, 0.25) is 0 Å². The van der Waals surface area contributed by atoms with Crippen LogP contribution in [0.4, 0.5) is 0 Å². The van der Waals surface area contributed by atoms with E-state index in [0.29, 0.717) is 107 Å². The van der Waals surface area contributed by atoms with Crippen LogP contribution in [0.15, 0.2) is 4.90 Å². The van der Waals surface area contributed by atoms with Gasteiger partial charge in [0.05, 0.1) is 4.90 Å². The van der Waals surface area contributed by atoms with Gasteiger partial charge in [0.1, 0.15) is 11.4 Å². The molecule has 0 radical (unpaired) electrons. The Morgan fingerprint density at radius 1 is 0.444 bits per heavy atom. The van der Waals surface area contributed by atoms with Gasteiger partial charge in [-0.05, 0) is 200 Å². The van der Waals surface area contributed by atoms with E-state index in [-0.39, 0.29) is 17.4 Å². The summed E-state index contributed by atoms with van der Waals surface area (Å²) < 4.78 is 38.8. The molecule has 3 nitrogen and oxygen atoms in total. The summed E-state index contributed by atoms with van der Waals surface area (Å²) in [5.41, 5.74) is 5.17. The van der Waals surface area contributed by atoms with Crippen molar-refractivity contribution in [2.24, 2.45) is 101 Å². The highest BCUT2D eigenvalue weighted by molar-refractivity contribution is 7.72. The maximum atomic E-state index is 15.0. The molecule has 0 spiro atoms. The van der Waals surface area contributed by atoms with E-state index in [2.05, 4.69) is 104 Å². The second kappa shape index (κ2) is 20.3. The summed E-state index contributed by atoms with van der Waals surface area (Å²) in [7, 11) is -2.83. The Balaban J connectivity index is 1.64. The maximum Gasteiger partial charge on any atom is 0.168 e. The lowest BCUT2D eigenvalue weighted by Crippen LogP contribution is -2.60. The molecule has 4 heteroatoms. The van der Waals surface area contributed by atoms with Gasteiger partial charge in [-0.25, -0.2) is 8.42 Å². The minimum Gasteiger partial charge on any atom is -0.486 e. The van der Waals surface area contributed by atoms with Crippen LogP contribution < -0.4 is 4.74 Å². The van der Waals surface area contributed by atoms with Crippen molar-refractivity contribution in [3.05, 3.63) is 22.3 Å². The van der Waals surface area contributed by atoms with Crippen LogP contribution >= 0.6 is 0 Å². The maximum absolute atomic E-state index is 15.0. The summed E-state index contributed by atoms with van der Waals surface area (Å²) in [6, 6.07) is 0. The zero-order valence-electron chi connectivity index (χ0n) is 43.7. The van der Waals surface area contributed by atoms with Gasteiger partial charge in [-0.2, -0.15) is 0 Å². The summed E-state index contributed by atoms with van der Waals surface area (Å²) in [4.78, 5) is 0.822. The van der Waals surface area contributed by atoms with Gasteiger partial charge in [-0.15, -0.1) is 0 Å². The zero-order chi connectivity index (χ0) is 45.8. The van der Waals surface area contributed by atoms with Gasteiger partial charge in [0.15, 0.2) is 10.7 Å². The van der Waals surface area contributed by atoms with Gasteiger partial charge in [0, 0.05) is 17.4 Å². The normalized spacial score (nSPS) is 40.6. The SMILES string of the molecule is CC1CCC(C(C)C)C(c2c3c(c(C4CC(C)CCC4C(C)C)c([SH](=O)=O)c2C2CC(C)CCC2C(C)C)CCC(C2CC(C)CCC2C(C)C)(C2CC(C)CCC2C(C)C)O3)C1. The Kier molecular flexibility index (Phi) is 16.1. The predicted octanol–water partition coefficient (Wildman–Crippen LogP) is 16.7. The first kappa shape index (κ1) is 49.9. The molecule has 15 atom stereocenters. The summed E-state index contributed by atoms with van der Waals surface area (Å²) in [6.07, 6.45) is 20.7. The lowest BCUT2D eigenvalue weighted by Gasteiger charge is -2.59.